The molecule has 0 fully saturated rings. The summed E-state index contributed by atoms with van der Waals surface area (Å²) in [6, 6.07) is 7.82. The number of carbonyl (C=O) groups excluding carboxylic acids is 1. The van der Waals surface area contributed by atoms with Crippen molar-refractivity contribution in [3.8, 4) is 0 Å². The van der Waals surface area contributed by atoms with E-state index in [4.69, 9.17) is 4.42 Å². The van der Waals surface area contributed by atoms with Gasteiger partial charge in [0.05, 0.1) is 11.4 Å². The Morgan fingerprint density at radius 3 is 2.40 bits per heavy atom. The van der Waals surface area contributed by atoms with Gasteiger partial charge in [0.1, 0.15) is 5.76 Å². The van der Waals surface area contributed by atoms with Crippen LogP contribution in [-0.2, 0) is 0 Å². The van der Waals surface area contributed by atoms with Crippen LogP contribution in [0.5, 0.6) is 0 Å². The van der Waals surface area contributed by atoms with E-state index in [1.165, 1.54) is 17.3 Å². The van der Waals surface area contributed by atoms with E-state index < -0.39 is 0 Å². The molecule has 0 aliphatic carbocycles. The molecule has 0 N–H and O–H groups in total. The van der Waals surface area contributed by atoms with Gasteiger partial charge in [0.15, 0.2) is 5.78 Å². The van der Waals surface area contributed by atoms with Crippen molar-refractivity contribution < 1.29 is 9.21 Å². The Hall–Kier alpha value is -1.55. The maximum atomic E-state index is 12.1. The minimum absolute atomic E-state index is 0.0961. The number of benzene rings is 1. The van der Waals surface area contributed by atoms with Crippen LogP contribution in [0.3, 0.4) is 0 Å². The average Bonchev–Trinajstić information content (AvgIpc) is 2.75. The third-order valence-corrected chi connectivity index (χ3v) is 4.06. The molecule has 0 saturated carbocycles. The van der Waals surface area contributed by atoms with Crippen LogP contribution in [0.1, 0.15) is 47.1 Å². The SMILES string of the molecule is Cc1nc(SCC(=O)c2ccc(C(C)C)cc2)oc1C. The standard InChI is InChI=1S/C16H19NO2S/c1-10(2)13-5-7-14(8-6-13)15(18)9-20-16-17-11(3)12(4)19-16/h5-8,10H,9H2,1-4H3. The monoisotopic (exact) mass is 289 g/mol. The highest BCUT2D eigenvalue weighted by atomic mass is 32.2. The molecule has 1 heterocycles. The Balaban J connectivity index is 1.97. The van der Waals surface area contributed by atoms with Crippen molar-refractivity contribution in [2.75, 3.05) is 5.75 Å². The number of thioether (sulfide) groups is 1. The van der Waals surface area contributed by atoms with Crippen molar-refractivity contribution in [1.29, 1.82) is 0 Å². The Labute approximate surface area is 123 Å². The second-order valence-corrected chi connectivity index (χ2v) is 6.04. The fraction of sp³-hybridized carbons (Fsp3) is 0.375. The van der Waals surface area contributed by atoms with Crippen LogP contribution in [0.25, 0.3) is 0 Å². The molecular weight excluding hydrogens is 270 g/mol. The molecule has 1 aromatic carbocycles. The first-order chi connectivity index (χ1) is 9.47. The Morgan fingerprint density at radius 1 is 1.25 bits per heavy atom. The average molecular weight is 289 g/mol. The minimum atomic E-state index is 0.0961. The first kappa shape index (κ1) is 14.9. The molecular formula is C16H19NO2S. The van der Waals surface area contributed by atoms with E-state index in [2.05, 4.69) is 18.8 Å². The zero-order valence-electron chi connectivity index (χ0n) is 12.3. The molecule has 0 saturated heterocycles. The Kier molecular flexibility index (Phi) is 4.65. The lowest BCUT2D eigenvalue weighted by Crippen LogP contribution is -2.02. The number of ketones is 1. The summed E-state index contributed by atoms with van der Waals surface area (Å²) in [5, 5.41) is 0.562. The molecule has 0 spiro atoms. The highest BCUT2D eigenvalue weighted by molar-refractivity contribution is 7.99. The second-order valence-electron chi connectivity index (χ2n) is 5.11. The first-order valence-electron chi connectivity index (χ1n) is 6.67. The van der Waals surface area contributed by atoms with Gasteiger partial charge < -0.3 is 4.42 Å². The molecule has 106 valence electrons. The first-order valence-corrected chi connectivity index (χ1v) is 7.66. The molecule has 4 heteroatoms. The zero-order chi connectivity index (χ0) is 14.7. The van der Waals surface area contributed by atoms with Gasteiger partial charge in [0, 0.05) is 5.56 Å². The molecule has 3 nitrogen and oxygen atoms in total. The summed E-state index contributed by atoms with van der Waals surface area (Å²) < 4.78 is 5.45. The molecule has 20 heavy (non-hydrogen) atoms. The Morgan fingerprint density at radius 2 is 1.90 bits per heavy atom. The van der Waals surface area contributed by atoms with Crippen molar-refractivity contribution in [3.63, 3.8) is 0 Å². The fourth-order valence-corrected chi connectivity index (χ4v) is 2.58. The van der Waals surface area contributed by atoms with Gasteiger partial charge in [-0.25, -0.2) is 4.98 Å². The number of nitrogens with zero attached hydrogens (tertiary/aromatic N) is 1. The second kappa shape index (κ2) is 6.27. The van der Waals surface area contributed by atoms with E-state index in [9.17, 15) is 4.79 Å². The summed E-state index contributed by atoms with van der Waals surface area (Å²) in [5.41, 5.74) is 2.86. The molecule has 0 unspecified atom stereocenters. The molecule has 0 amide bonds. The van der Waals surface area contributed by atoms with Crippen LogP contribution >= 0.6 is 11.8 Å². The number of rotatable bonds is 5. The lowest BCUT2D eigenvalue weighted by Gasteiger charge is -2.05. The summed E-state index contributed by atoms with van der Waals surface area (Å²) in [6.45, 7) is 8.05. The molecule has 1 aromatic heterocycles. The van der Waals surface area contributed by atoms with Crippen molar-refractivity contribution in [2.24, 2.45) is 0 Å². The third kappa shape index (κ3) is 3.51. The number of aromatic nitrogens is 1. The predicted octanol–water partition coefficient (Wildman–Crippen LogP) is 4.39. The van der Waals surface area contributed by atoms with Crippen molar-refractivity contribution in [3.05, 3.63) is 46.8 Å². The number of hydrogen-bond acceptors (Lipinski definition) is 4. The van der Waals surface area contributed by atoms with Gasteiger partial charge in [-0.05, 0) is 25.3 Å². The van der Waals surface area contributed by atoms with E-state index in [-0.39, 0.29) is 5.78 Å². The third-order valence-electron chi connectivity index (χ3n) is 3.23. The topological polar surface area (TPSA) is 43.1 Å². The van der Waals surface area contributed by atoms with Crippen LogP contribution in [0.2, 0.25) is 0 Å². The highest BCUT2D eigenvalue weighted by Crippen LogP contribution is 2.22. The normalized spacial score (nSPS) is 11.1. The molecule has 0 bridgehead atoms. The summed E-state index contributed by atoms with van der Waals surface area (Å²) >= 11 is 1.34. The van der Waals surface area contributed by atoms with Crippen molar-refractivity contribution >= 4 is 17.5 Å². The van der Waals surface area contributed by atoms with Crippen LogP contribution < -0.4 is 0 Å². The Bertz CT molecular complexity index is 580. The van der Waals surface area contributed by atoms with Gasteiger partial charge in [-0.3, -0.25) is 4.79 Å². The van der Waals surface area contributed by atoms with Crippen LogP contribution in [0.15, 0.2) is 33.9 Å². The summed E-state index contributed by atoms with van der Waals surface area (Å²) in [4.78, 5) is 16.4. The van der Waals surface area contributed by atoms with E-state index in [0.717, 1.165) is 17.0 Å². The van der Waals surface area contributed by atoms with Crippen LogP contribution in [-0.4, -0.2) is 16.5 Å². The van der Waals surface area contributed by atoms with E-state index in [0.29, 0.717) is 16.9 Å². The smallest absolute Gasteiger partial charge is 0.256 e. The quantitative estimate of drug-likeness (QED) is 0.605. The molecule has 0 aliphatic heterocycles. The maximum absolute atomic E-state index is 12.1. The molecule has 0 aliphatic rings. The van der Waals surface area contributed by atoms with Gasteiger partial charge in [0.2, 0.25) is 0 Å². The summed E-state index contributed by atoms with van der Waals surface area (Å²) in [6.07, 6.45) is 0. The highest BCUT2D eigenvalue weighted by Gasteiger charge is 2.11. The lowest BCUT2D eigenvalue weighted by molar-refractivity contribution is 0.102. The summed E-state index contributed by atoms with van der Waals surface area (Å²) in [5.74, 6) is 1.73. The largest absolute Gasteiger partial charge is 0.437 e. The molecule has 0 radical (unpaired) electrons. The predicted molar refractivity (Wildman–Crippen MR) is 81.6 cm³/mol. The number of hydrogen-bond donors (Lipinski definition) is 0. The fourth-order valence-electron chi connectivity index (χ4n) is 1.77. The number of Topliss-reactive ketones (excluding diaryl/α,β-unsaturated/α-hetero) is 1. The van der Waals surface area contributed by atoms with Crippen molar-refractivity contribution in [1.82, 2.24) is 4.98 Å². The van der Waals surface area contributed by atoms with Crippen LogP contribution in [0.4, 0.5) is 0 Å². The number of carbonyl (C=O) groups is 1. The van der Waals surface area contributed by atoms with Crippen molar-refractivity contribution in [2.45, 2.75) is 38.8 Å². The maximum Gasteiger partial charge on any atom is 0.256 e. The lowest BCUT2D eigenvalue weighted by atomic mass is 10.0. The van der Waals surface area contributed by atoms with Gasteiger partial charge in [-0.2, -0.15) is 0 Å². The summed E-state index contributed by atoms with van der Waals surface area (Å²) in [7, 11) is 0. The van der Waals surface area contributed by atoms with Gasteiger partial charge in [-0.1, -0.05) is 49.9 Å². The van der Waals surface area contributed by atoms with Gasteiger partial charge in [0.25, 0.3) is 5.22 Å². The molecule has 0 atom stereocenters. The molecule has 2 aromatic rings. The van der Waals surface area contributed by atoms with Crippen LogP contribution in [0, 0.1) is 13.8 Å². The molecule has 2 rings (SSSR count). The van der Waals surface area contributed by atoms with E-state index in [1.807, 2.05) is 38.1 Å². The number of oxazole rings is 1. The minimum Gasteiger partial charge on any atom is -0.437 e. The number of aryl methyl sites for hydroxylation is 2. The van der Waals surface area contributed by atoms with Gasteiger partial charge in [-0.15, -0.1) is 0 Å². The van der Waals surface area contributed by atoms with Gasteiger partial charge >= 0.3 is 0 Å². The van der Waals surface area contributed by atoms with E-state index >= 15 is 0 Å². The zero-order valence-corrected chi connectivity index (χ0v) is 13.1. The van der Waals surface area contributed by atoms with E-state index in [1.54, 1.807) is 0 Å².